The van der Waals surface area contributed by atoms with E-state index >= 15 is 0 Å². The summed E-state index contributed by atoms with van der Waals surface area (Å²) in [6.07, 6.45) is 11.3. The average molecular weight is 313 g/mol. The van der Waals surface area contributed by atoms with Gasteiger partial charge in [0.25, 0.3) is 0 Å². The molecule has 0 fully saturated rings. The van der Waals surface area contributed by atoms with Crippen LogP contribution in [0.5, 0.6) is 5.75 Å². The summed E-state index contributed by atoms with van der Waals surface area (Å²) in [5.41, 5.74) is 3.85. The van der Waals surface area contributed by atoms with Gasteiger partial charge in [-0.1, -0.05) is 46.0 Å². The van der Waals surface area contributed by atoms with Crippen LogP contribution < -0.4 is 4.74 Å². The van der Waals surface area contributed by atoms with Gasteiger partial charge in [0.1, 0.15) is 5.75 Å². The molecule has 2 rings (SSSR count). The monoisotopic (exact) mass is 313 g/mol. The SMILES string of the molecule is CCCCCCc1nc2ccc(OC)cc2cc1CCCCC. The van der Waals surface area contributed by atoms with Crippen molar-refractivity contribution in [3.63, 3.8) is 0 Å². The Hall–Kier alpha value is -1.57. The third kappa shape index (κ3) is 5.23. The lowest BCUT2D eigenvalue weighted by Crippen LogP contribution is -2.00. The number of hydrogen-bond acceptors (Lipinski definition) is 2. The minimum atomic E-state index is 0.912. The molecule has 126 valence electrons. The van der Waals surface area contributed by atoms with Crippen LogP contribution in [0.15, 0.2) is 24.3 Å². The first kappa shape index (κ1) is 17.8. The van der Waals surface area contributed by atoms with Gasteiger partial charge in [-0.25, -0.2) is 0 Å². The number of methoxy groups -OCH3 is 1. The van der Waals surface area contributed by atoms with Crippen molar-refractivity contribution in [2.45, 2.75) is 71.6 Å². The van der Waals surface area contributed by atoms with E-state index in [1.807, 2.05) is 6.07 Å². The number of benzene rings is 1. The number of nitrogens with zero attached hydrogens (tertiary/aromatic N) is 1. The molecule has 0 amide bonds. The number of aromatic nitrogens is 1. The van der Waals surface area contributed by atoms with E-state index < -0.39 is 0 Å². The Morgan fingerprint density at radius 1 is 0.870 bits per heavy atom. The zero-order chi connectivity index (χ0) is 16.5. The average Bonchev–Trinajstić information content (AvgIpc) is 2.58. The predicted molar refractivity (Wildman–Crippen MR) is 99.4 cm³/mol. The minimum absolute atomic E-state index is 0.912. The zero-order valence-corrected chi connectivity index (χ0v) is 15.0. The van der Waals surface area contributed by atoms with E-state index in [9.17, 15) is 0 Å². The second-order valence-corrected chi connectivity index (χ2v) is 6.42. The molecular weight excluding hydrogens is 282 g/mol. The predicted octanol–water partition coefficient (Wildman–Crippen LogP) is 6.10. The van der Waals surface area contributed by atoms with E-state index in [1.54, 1.807) is 7.11 Å². The number of rotatable bonds is 10. The summed E-state index contributed by atoms with van der Waals surface area (Å²) in [5.74, 6) is 0.912. The van der Waals surface area contributed by atoms with Crippen molar-refractivity contribution < 1.29 is 4.74 Å². The van der Waals surface area contributed by atoms with Gasteiger partial charge in [-0.2, -0.15) is 0 Å². The van der Waals surface area contributed by atoms with Crippen LogP contribution in [0.1, 0.15) is 70.1 Å². The van der Waals surface area contributed by atoms with E-state index in [2.05, 4.69) is 32.0 Å². The number of ether oxygens (including phenoxy) is 1. The van der Waals surface area contributed by atoms with Crippen LogP contribution >= 0.6 is 0 Å². The Morgan fingerprint density at radius 3 is 2.35 bits per heavy atom. The fourth-order valence-corrected chi connectivity index (χ4v) is 3.08. The van der Waals surface area contributed by atoms with Crippen LogP contribution in [-0.2, 0) is 12.8 Å². The maximum atomic E-state index is 5.35. The summed E-state index contributed by atoms with van der Waals surface area (Å²) in [5, 5.41) is 1.20. The molecule has 0 atom stereocenters. The maximum Gasteiger partial charge on any atom is 0.119 e. The second-order valence-electron chi connectivity index (χ2n) is 6.42. The molecule has 0 aliphatic heterocycles. The third-order valence-corrected chi connectivity index (χ3v) is 4.51. The number of hydrogen-bond donors (Lipinski definition) is 0. The largest absolute Gasteiger partial charge is 0.497 e. The van der Waals surface area contributed by atoms with E-state index in [0.717, 1.165) is 24.1 Å². The first-order valence-electron chi connectivity index (χ1n) is 9.25. The lowest BCUT2D eigenvalue weighted by Gasteiger charge is -2.12. The Morgan fingerprint density at radius 2 is 1.61 bits per heavy atom. The third-order valence-electron chi connectivity index (χ3n) is 4.51. The van der Waals surface area contributed by atoms with E-state index in [1.165, 1.54) is 61.6 Å². The molecule has 0 aliphatic carbocycles. The summed E-state index contributed by atoms with van der Waals surface area (Å²) in [6.45, 7) is 4.52. The molecule has 0 N–H and O–H groups in total. The molecule has 0 spiro atoms. The Kier molecular flexibility index (Phi) is 7.38. The lowest BCUT2D eigenvalue weighted by atomic mass is 9.99. The van der Waals surface area contributed by atoms with Crippen molar-refractivity contribution in [1.82, 2.24) is 4.98 Å². The molecule has 0 radical (unpaired) electrons. The molecule has 2 aromatic rings. The van der Waals surface area contributed by atoms with Crippen molar-refractivity contribution in [1.29, 1.82) is 0 Å². The molecule has 0 aliphatic rings. The molecule has 1 aromatic heterocycles. The highest BCUT2D eigenvalue weighted by atomic mass is 16.5. The van der Waals surface area contributed by atoms with Gasteiger partial charge < -0.3 is 4.74 Å². The summed E-state index contributed by atoms with van der Waals surface area (Å²) < 4.78 is 5.35. The number of unbranched alkanes of at least 4 members (excludes halogenated alkanes) is 5. The molecule has 23 heavy (non-hydrogen) atoms. The first-order chi connectivity index (χ1) is 11.3. The molecular formula is C21H31NO. The summed E-state index contributed by atoms with van der Waals surface area (Å²) in [7, 11) is 1.72. The molecule has 0 unspecified atom stereocenters. The highest BCUT2D eigenvalue weighted by Gasteiger charge is 2.08. The van der Waals surface area contributed by atoms with Crippen molar-refractivity contribution in [3.8, 4) is 5.75 Å². The standard InChI is InChI=1S/C21H31NO/c1-4-6-8-10-12-20-17(11-9-7-5-2)15-18-16-19(23-3)13-14-21(18)22-20/h13-16H,4-12H2,1-3H3. The summed E-state index contributed by atoms with van der Waals surface area (Å²) in [4.78, 5) is 4.97. The molecule has 0 saturated heterocycles. The van der Waals surface area contributed by atoms with Crippen LogP contribution in [0, 0.1) is 0 Å². The van der Waals surface area contributed by atoms with E-state index in [0.29, 0.717) is 0 Å². The summed E-state index contributed by atoms with van der Waals surface area (Å²) >= 11 is 0. The van der Waals surface area contributed by atoms with Crippen molar-refractivity contribution in [2.24, 2.45) is 0 Å². The summed E-state index contributed by atoms with van der Waals surface area (Å²) in [6, 6.07) is 8.54. The normalized spacial score (nSPS) is 11.1. The van der Waals surface area contributed by atoms with Gasteiger partial charge in [-0.05, 0) is 55.5 Å². The maximum absolute atomic E-state index is 5.35. The first-order valence-corrected chi connectivity index (χ1v) is 9.25. The molecule has 1 heterocycles. The van der Waals surface area contributed by atoms with E-state index in [-0.39, 0.29) is 0 Å². The van der Waals surface area contributed by atoms with Gasteiger partial charge in [-0.3, -0.25) is 4.98 Å². The van der Waals surface area contributed by atoms with Gasteiger partial charge in [0.15, 0.2) is 0 Å². The number of aryl methyl sites for hydroxylation is 2. The molecule has 0 saturated carbocycles. The Bertz CT molecular complexity index is 606. The smallest absolute Gasteiger partial charge is 0.119 e. The van der Waals surface area contributed by atoms with Gasteiger partial charge in [0.2, 0.25) is 0 Å². The van der Waals surface area contributed by atoms with Gasteiger partial charge in [-0.15, -0.1) is 0 Å². The van der Waals surface area contributed by atoms with Crippen molar-refractivity contribution in [3.05, 3.63) is 35.5 Å². The van der Waals surface area contributed by atoms with Gasteiger partial charge in [0.05, 0.1) is 12.6 Å². The van der Waals surface area contributed by atoms with Crippen molar-refractivity contribution >= 4 is 10.9 Å². The fourth-order valence-electron chi connectivity index (χ4n) is 3.08. The molecule has 1 aromatic carbocycles. The van der Waals surface area contributed by atoms with Crippen LogP contribution in [0.3, 0.4) is 0 Å². The fraction of sp³-hybridized carbons (Fsp3) is 0.571. The number of pyridine rings is 1. The topological polar surface area (TPSA) is 22.1 Å². The lowest BCUT2D eigenvalue weighted by molar-refractivity contribution is 0.415. The van der Waals surface area contributed by atoms with Crippen LogP contribution in [-0.4, -0.2) is 12.1 Å². The van der Waals surface area contributed by atoms with Crippen LogP contribution in [0.2, 0.25) is 0 Å². The molecule has 2 nitrogen and oxygen atoms in total. The van der Waals surface area contributed by atoms with Crippen LogP contribution in [0.4, 0.5) is 0 Å². The Balaban J connectivity index is 2.22. The zero-order valence-electron chi connectivity index (χ0n) is 15.0. The molecule has 0 bridgehead atoms. The van der Waals surface area contributed by atoms with Crippen molar-refractivity contribution in [2.75, 3.05) is 7.11 Å². The second kappa shape index (κ2) is 9.54. The van der Waals surface area contributed by atoms with Crippen LogP contribution in [0.25, 0.3) is 10.9 Å². The minimum Gasteiger partial charge on any atom is -0.497 e. The van der Waals surface area contributed by atoms with E-state index in [4.69, 9.17) is 9.72 Å². The highest BCUT2D eigenvalue weighted by Crippen LogP contribution is 2.24. The highest BCUT2D eigenvalue weighted by molar-refractivity contribution is 5.81. The quantitative estimate of drug-likeness (QED) is 0.494. The Labute approximate surface area is 141 Å². The molecule has 2 heteroatoms. The van der Waals surface area contributed by atoms with Gasteiger partial charge >= 0.3 is 0 Å². The number of fused-ring (bicyclic) bond motifs is 1. The van der Waals surface area contributed by atoms with Gasteiger partial charge in [0, 0.05) is 11.1 Å².